The van der Waals surface area contributed by atoms with Crippen LogP contribution in [0.5, 0.6) is 0 Å². The van der Waals surface area contributed by atoms with Gasteiger partial charge in [0, 0.05) is 11.8 Å². The van der Waals surface area contributed by atoms with Gasteiger partial charge >= 0.3 is 0 Å². The van der Waals surface area contributed by atoms with Gasteiger partial charge in [-0.05, 0) is 18.6 Å². The van der Waals surface area contributed by atoms with E-state index in [0.717, 1.165) is 41.0 Å². The van der Waals surface area contributed by atoms with Crippen LogP contribution in [-0.2, 0) is 13.0 Å². The highest BCUT2D eigenvalue weighted by atomic mass is 16.4. The summed E-state index contributed by atoms with van der Waals surface area (Å²) in [5, 5.41) is 5.87. The quantitative estimate of drug-likeness (QED) is 0.552. The third-order valence-electron chi connectivity index (χ3n) is 4.25. The highest BCUT2D eigenvalue weighted by Gasteiger charge is 2.18. The minimum atomic E-state index is 0.604. The van der Waals surface area contributed by atoms with Gasteiger partial charge in [-0.15, -0.1) is 0 Å². The molecule has 0 aliphatic carbocycles. The average Bonchev–Trinajstić information content (AvgIpc) is 3.17. The monoisotopic (exact) mass is 317 g/mol. The van der Waals surface area contributed by atoms with Crippen molar-refractivity contribution in [3.8, 4) is 11.6 Å². The molecule has 24 heavy (non-hydrogen) atoms. The summed E-state index contributed by atoms with van der Waals surface area (Å²) in [6.07, 6.45) is 0.835. The Labute approximate surface area is 140 Å². The Hall–Kier alpha value is -2.88. The zero-order valence-corrected chi connectivity index (χ0v) is 13.9. The van der Waals surface area contributed by atoms with Crippen molar-refractivity contribution < 1.29 is 4.42 Å². The summed E-state index contributed by atoms with van der Waals surface area (Å²) >= 11 is 0. The van der Waals surface area contributed by atoms with Crippen LogP contribution in [0.3, 0.4) is 0 Å². The molecular weight excluding hydrogens is 298 g/mol. The molecule has 4 heteroatoms. The molecule has 4 aromatic rings. The molecule has 0 radical (unpaired) electrons. The molecule has 0 N–H and O–H groups in total. The van der Waals surface area contributed by atoms with E-state index >= 15 is 0 Å². The van der Waals surface area contributed by atoms with E-state index in [2.05, 4.69) is 36.2 Å². The highest BCUT2D eigenvalue weighted by Crippen LogP contribution is 2.29. The van der Waals surface area contributed by atoms with E-state index in [9.17, 15) is 0 Å². The Morgan fingerprint density at radius 2 is 1.75 bits per heavy atom. The van der Waals surface area contributed by atoms with Crippen LogP contribution in [-0.4, -0.2) is 14.8 Å². The van der Waals surface area contributed by atoms with Crippen molar-refractivity contribution in [1.29, 1.82) is 0 Å². The molecule has 0 spiro atoms. The molecule has 0 fully saturated rings. The van der Waals surface area contributed by atoms with Gasteiger partial charge in [-0.3, -0.25) is 4.68 Å². The van der Waals surface area contributed by atoms with Gasteiger partial charge in [0.05, 0.1) is 17.8 Å². The molecule has 2 aromatic heterocycles. The summed E-state index contributed by atoms with van der Waals surface area (Å²) in [7, 11) is 0. The van der Waals surface area contributed by atoms with Crippen LogP contribution in [0.4, 0.5) is 0 Å². The lowest BCUT2D eigenvalue weighted by molar-refractivity contribution is 0.519. The number of nitrogens with zero attached hydrogens (tertiary/aromatic N) is 3. The second-order valence-corrected chi connectivity index (χ2v) is 5.89. The molecule has 120 valence electrons. The van der Waals surface area contributed by atoms with E-state index in [-0.39, 0.29) is 0 Å². The second-order valence-electron chi connectivity index (χ2n) is 5.89. The molecule has 2 heterocycles. The van der Waals surface area contributed by atoms with Crippen LogP contribution < -0.4 is 0 Å². The predicted octanol–water partition coefficient (Wildman–Crippen LogP) is 4.61. The first-order valence-corrected chi connectivity index (χ1v) is 8.22. The maximum atomic E-state index is 5.93. The van der Waals surface area contributed by atoms with Crippen LogP contribution >= 0.6 is 0 Å². The standard InChI is InChI=1S/C20H19N3O/c1-3-18-14(2)21-20(24-18)19-16-11-7-8-12-17(16)23(22-19)13-15-9-5-4-6-10-15/h4-12H,3,13H2,1-2H3. The number of hydrogen-bond donors (Lipinski definition) is 0. The molecule has 2 aromatic carbocycles. The summed E-state index contributed by atoms with van der Waals surface area (Å²) in [6.45, 7) is 4.78. The smallest absolute Gasteiger partial charge is 0.248 e. The van der Waals surface area contributed by atoms with Gasteiger partial charge in [0.2, 0.25) is 5.89 Å². The van der Waals surface area contributed by atoms with E-state index in [1.54, 1.807) is 0 Å². The van der Waals surface area contributed by atoms with Crippen LogP contribution in [0.1, 0.15) is 23.9 Å². The number of aromatic nitrogens is 3. The number of oxazole rings is 1. The second kappa shape index (κ2) is 5.96. The Morgan fingerprint density at radius 1 is 1.00 bits per heavy atom. The summed E-state index contributed by atoms with van der Waals surface area (Å²) in [5.74, 6) is 1.53. The molecule has 0 bridgehead atoms. The van der Waals surface area contributed by atoms with Crippen LogP contribution in [0.2, 0.25) is 0 Å². The van der Waals surface area contributed by atoms with Crippen LogP contribution in [0.15, 0.2) is 59.0 Å². The van der Waals surface area contributed by atoms with E-state index in [1.165, 1.54) is 5.56 Å². The lowest BCUT2D eigenvalue weighted by atomic mass is 10.2. The zero-order chi connectivity index (χ0) is 16.5. The number of fused-ring (bicyclic) bond motifs is 1. The van der Waals surface area contributed by atoms with Crippen molar-refractivity contribution in [2.45, 2.75) is 26.8 Å². The number of para-hydroxylation sites is 1. The molecule has 4 rings (SSSR count). The highest BCUT2D eigenvalue weighted by molar-refractivity contribution is 5.91. The SMILES string of the molecule is CCc1oc(-c2nn(Cc3ccccc3)c3ccccc23)nc1C. The number of benzene rings is 2. The van der Waals surface area contributed by atoms with Gasteiger partial charge in [-0.1, -0.05) is 55.5 Å². The normalized spacial score (nSPS) is 11.2. The molecular formula is C20H19N3O. The Morgan fingerprint density at radius 3 is 2.50 bits per heavy atom. The maximum absolute atomic E-state index is 5.93. The van der Waals surface area contributed by atoms with Gasteiger partial charge in [0.15, 0.2) is 5.69 Å². The maximum Gasteiger partial charge on any atom is 0.248 e. The van der Waals surface area contributed by atoms with E-state index < -0.39 is 0 Å². The van der Waals surface area contributed by atoms with E-state index in [4.69, 9.17) is 9.52 Å². The molecule has 4 nitrogen and oxygen atoms in total. The summed E-state index contributed by atoms with van der Waals surface area (Å²) in [5.41, 5.74) is 4.05. The Bertz CT molecular complexity index is 983. The number of rotatable bonds is 4. The fourth-order valence-electron chi connectivity index (χ4n) is 3.02. The van der Waals surface area contributed by atoms with E-state index in [1.807, 2.05) is 41.9 Å². The van der Waals surface area contributed by atoms with E-state index in [0.29, 0.717) is 5.89 Å². The van der Waals surface area contributed by atoms with Gasteiger partial charge in [0.1, 0.15) is 5.76 Å². The van der Waals surface area contributed by atoms with Gasteiger partial charge in [-0.2, -0.15) is 5.10 Å². The minimum absolute atomic E-state index is 0.604. The fraction of sp³-hybridized carbons (Fsp3) is 0.200. The molecule has 0 amide bonds. The van der Waals surface area contributed by atoms with Crippen molar-refractivity contribution in [1.82, 2.24) is 14.8 Å². The molecule has 0 aliphatic heterocycles. The van der Waals surface area contributed by atoms with Crippen molar-refractivity contribution in [2.24, 2.45) is 0 Å². The molecule has 0 aliphatic rings. The Kier molecular flexibility index (Phi) is 3.65. The van der Waals surface area contributed by atoms with Gasteiger partial charge in [-0.25, -0.2) is 4.98 Å². The lowest BCUT2D eigenvalue weighted by Crippen LogP contribution is -2.01. The summed E-state index contributed by atoms with van der Waals surface area (Å²) in [4.78, 5) is 4.58. The predicted molar refractivity (Wildman–Crippen MR) is 94.9 cm³/mol. The van der Waals surface area contributed by atoms with Crippen LogP contribution in [0, 0.1) is 6.92 Å². The molecule has 0 saturated carbocycles. The van der Waals surface area contributed by atoms with Crippen molar-refractivity contribution in [3.05, 3.63) is 71.6 Å². The summed E-state index contributed by atoms with van der Waals surface area (Å²) in [6, 6.07) is 18.6. The third-order valence-corrected chi connectivity index (χ3v) is 4.25. The van der Waals surface area contributed by atoms with Crippen molar-refractivity contribution in [2.75, 3.05) is 0 Å². The lowest BCUT2D eigenvalue weighted by Gasteiger charge is -2.03. The van der Waals surface area contributed by atoms with Crippen molar-refractivity contribution >= 4 is 10.9 Å². The third kappa shape index (κ3) is 2.50. The number of aryl methyl sites for hydroxylation is 2. The largest absolute Gasteiger partial charge is 0.440 e. The van der Waals surface area contributed by atoms with Crippen LogP contribution in [0.25, 0.3) is 22.5 Å². The summed E-state index contributed by atoms with van der Waals surface area (Å²) < 4.78 is 7.95. The van der Waals surface area contributed by atoms with Gasteiger partial charge < -0.3 is 4.42 Å². The van der Waals surface area contributed by atoms with Crippen molar-refractivity contribution in [3.63, 3.8) is 0 Å². The molecule has 0 saturated heterocycles. The fourth-order valence-corrected chi connectivity index (χ4v) is 3.02. The first-order chi connectivity index (χ1) is 11.8. The first kappa shape index (κ1) is 14.7. The molecule has 0 unspecified atom stereocenters. The average molecular weight is 317 g/mol. The van der Waals surface area contributed by atoms with Gasteiger partial charge in [0.25, 0.3) is 0 Å². The zero-order valence-electron chi connectivity index (χ0n) is 13.9. The Balaban J connectivity index is 1.84. The minimum Gasteiger partial charge on any atom is -0.440 e. The number of hydrogen-bond acceptors (Lipinski definition) is 3. The topological polar surface area (TPSA) is 43.9 Å². The molecule has 0 atom stereocenters. The first-order valence-electron chi connectivity index (χ1n) is 8.22.